The summed E-state index contributed by atoms with van der Waals surface area (Å²) in [5.41, 5.74) is 0.764. The fourth-order valence-corrected chi connectivity index (χ4v) is 1.92. The van der Waals surface area contributed by atoms with E-state index in [1.807, 2.05) is 0 Å². The second-order valence-corrected chi connectivity index (χ2v) is 4.84. The summed E-state index contributed by atoms with van der Waals surface area (Å²) >= 11 is 11.7. The zero-order chi connectivity index (χ0) is 14.7. The van der Waals surface area contributed by atoms with E-state index in [1.165, 1.54) is 6.07 Å². The molecule has 0 aliphatic carbocycles. The van der Waals surface area contributed by atoms with Crippen molar-refractivity contribution in [3.05, 3.63) is 67.9 Å². The number of nitrogens with one attached hydrogen (secondary N) is 1. The number of halogens is 3. The summed E-state index contributed by atoms with van der Waals surface area (Å²) < 4.78 is 13.4. The zero-order valence-electron chi connectivity index (χ0n) is 10.1. The molecule has 2 aromatic rings. The van der Waals surface area contributed by atoms with Crippen molar-refractivity contribution < 1.29 is 9.31 Å². The molecule has 0 saturated carbocycles. The van der Waals surface area contributed by atoms with Crippen LogP contribution >= 0.6 is 23.2 Å². The van der Waals surface area contributed by atoms with E-state index in [-0.39, 0.29) is 0 Å². The fraction of sp³-hybridized carbons (Fsp3) is 0.0769. The molecule has 2 aromatic carbocycles. The van der Waals surface area contributed by atoms with Gasteiger partial charge in [-0.05, 0) is 29.8 Å². The molecule has 7 heteroatoms. The quantitative estimate of drug-likeness (QED) is 0.660. The first-order valence-corrected chi connectivity index (χ1v) is 6.34. The first-order valence-electron chi connectivity index (χ1n) is 5.59. The molecule has 20 heavy (non-hydrogen) atoms. The lowest BCUT2D eigenvalue weighted by molar-refractivity contribution is -0.387. The van der Waals surface area contributed by atoms with Gasteiger partial charge in [-0.15, -0.1) is 0 Å². The van der Waals surface area contributed by atoms with Gasteiger partial charge < -0.3 is 5.32 Å². The van der Waals surface area contributed by atoms with Gasteiger partial charge in [-0.2, -0.15) is 4.39 Å². The van der Waals surface area contributed by atoms with Crippen LogP contribution in [0.4, 0.5) is 15.8 Å². The van der Waals surface area contributed by atoms with Crippen molar-refractivity contribution in [2.24, 2.45) is 0 Å². The van der Waals surface area contributed by atoms with Gasteiger partial charge in [0.25, 0.3) is 0 Å². The van der Waals surface area contributed by atoms with Crippen LogP contribution in [0.15, 0.2) is 36.4 Å². The van der Waals surface area contributed by atoms with Crippen LogP contribution in [-0.4, -0.2) is 4.92 Å². The predicted octanol–water partition coefficient (Wildman–Crippen LogP) is 4.65. The summed E-state index contributed by atoms with van der Waals surface area (Å²) in [7, 11) is 0. The third-order valence-corrected chi connectivity index (χ3v) is 3.36. The Morgan fingerprint density at radius 3 is 2.50 bits per heavy atom. The van der Waals surface area contributed by atoms with E-state index in [0.717, 1.165) is 17.8 Å². The van der Waals surface area contributed by atoms with Crippen molar-refractivity contribution in [2.45, 2.75) is 6.54 Å². The minimum absolute atomic E-state index is 0.312. The number of nitro groups is 1. The number of anilines is 1. The minimum atomic E-state index is -0.858. The van der Waals surface area contributed by atoms with Gasteiger partial charge in [0.05, 0.1) is 15.0 Å². The third kappa shape index (κ3) is 3.37. The van der Waals surface area contributed by atoms with Crippen LogP contribution in [0.3, 0.4) is 0 Å². The highest BCUT2D eigenvalue weighted by molar-refractivity contribution is 6.42. The molecule has 2 rings (SSSR count). The molecule has 0 heterocycles. The highest BCUT2D eigenvalue weighted by atomic mass is 35.5. The molecule has 0 aliphatic rings. The van der Waals surface area contributed by atoms with Gasteiger partial charge in [0.2, 0.25) is 5.82 Å². The Morgan fingerprint density at radius 2 is 1.90 bits per heavy atom. The summed E-state index contributed by atoms with van der Waals surface area (Å²) in [6, 6.07) is 8.78. The monoisotopic (exact) mass is 314 g/mol. The van der Waals surface area contributed by atoms with Gasteiger partial charge in [-0.3, -0.25) is 10.1 Å². The second kappa shape index (κ2) is 6.07. The van der Waals surface area contributed by atoms with E-state index in [1.54, 1.807) is 18.2 Å². The van der Waals surface area contributed by atoms with E-state index in [0.29, 0.717) is 22.2 Å². The van der Waals surface area contributed by atoms with Gasteiger partial charge in [0.1, 0.15) is 0 Å². The molecule has 1 N–H and O–H groups in total. The van der Waals surface area contributed by atoms with Crippen molar-refractivity contribution in [3.63, 3.8) is 0 Å². The minimum Gasteiger partial charge on any atom is -0.381 e. The first kappa shape index (κ1) is 14.6. The molecule has 0 bridgehead atoms. The summed E-state index contributed by atoms with van der Waals surface area (Å²) in [5.74, 6) is -0.858. The molecule has 0 radical (unpaired) electrons. The van der Waals surface area contributed by atoms with E-state index < -0.39 is 16.4 Å². The van der Waals surface area contributed by atoms with E-state index in [9.17, 15) is 14.5 Å². The highest BCUT2D eigenvalue weighted by Gasteiger charge is 2.13. The molecule has 0 atom stereocenters. The van der Waals surface area contributed by atoms with Gasteiger partial charge in [-0.25, -0.2) is 0 Å². The molecule has 0 unspecified atom stereocenters. The Balaban J connectivity index is 2.09. The Bertz CT molecular complexity index is 665. The normalized spacial score (nSPS) is 10.3. The SMILES string of the molecule is O=[N+]([O-])c1ccc(CNc2ccc(Cl)c(Cl)c2)cc1F. The van der Waals surface area contributed by atoms with Crippen LogP contribution in [0.25, 0.3) is 0 Å². The van der Waals surface area contributed by atoms with Crippen LogP contribution in [0.5, 0.6) is 0 Å². The number of rotatable bonds is 4. The predicted molar refractivity (Wildman–Crippen MR) is 76.8 cm³/mol. The van der Waals surface area contributed by atoms with Gasteiger partial charge >= 0.3 is 5.69 Å². The lowest BCUT2D eigenvalue weighted by Gasteiger charge is -2.07. The lowest BCUT2D eigenvalue weighted by Crippen LogP contribution is -2.01. The number of hydrogen-bond donors (Lipinski definition) is 1. The molecule has 0 spiro atoms. The maximum atomic E-state index is 13.4. The topological polar surface area (TPSA) is 55.2 Å². The summed E-state index contributed by atoms with van der Waals surface area (Å²) in [5, 5.41) is 14.4. The molecule has 0 aliphatic heterocycles. The number of nitro benzene ring substituents is 1. The van der Waals surface area contributed by atoms with Crippen molar-refractivity contribution in [3.8, 4) is 0 Å². The zero-order valence-corrected chi connectivity index (χ0v) is 11.6. The molecule has 4 nitrogen and oxygen atoms in total. The summed E-state index contributed by atoms with van der Waals surface area (Å²) in [6.07, 6.45) is 0. The standard InChI is InChI=1S/C13H9Cl2FN2O2/c14-10-3-2-9(6-11(10)15)17-7-8-1-4-13(18(19)20)12(16)5-8/h1-6,17H,7H2. The lowest BCUT2D eigenvalue weighted by atomic mass is 10.2. The molecule has 0 amide bonds. The average molecular weight is 315 g/mol. The Hall–Kier alpha value is -1.85. The second-order valence-electron chi connectivity index (χ2n) is 4.03. The smallest absolute Gasteiger partial charge is 0.304 e. The van der Waals surface area contributed by atoms with Gasteiger partial charge in [-0.1, -0.05) is 29.3 Å². The Morgan fingerprint density at radius 1 is 1.15 bits per heavy atom. The van der Waals surface area contributed by atoms with Crippen LogP contribution in [0.1, 0.15) is 5.56 Å². The fourth-order valence-electron chi connectivity index (χ4n) is 1.62. The summed E-state index contributed by atoms with van der Waals surface area (Å²) in [6.45, 7) is 0.312. The number of benzene rings is 2. The van der Waals surface area contributed by atoms with Gasteiger partial charge in [0, 0.05) is 18.3 Å². The summed E-state index contributed by atoms with van der Waals surface area (Å²) in [4.78, 5) is 9.75. The van der Waals surface area contributed by atoms with E-state index >= 15 is 0 Å². The van der Waals surface area contributed by atoms with Crippen LogP contribution < -0.4 is 5.32 Å². The molecule has 0 fully saturated rings. The van der Waals surface area contributed by atoms with Crippen molar-refractivity contribution in [1.29, 1.82) is 0 Å². The first-order chi connectivity index (χ1) is 9.47. The third-order valence-electron chi connectivity index (χ3n) is 2.63. The molecular weight excluding hydrogens is 306 g/mol. The van der Waals surface area contributed by atoms with Crippen molar-refractivity contribution >= 4 is 34.6 Å². The van der Waals surface area contributed by atoms with E-state index in [2.05, 4.69) is 5.32 Å². The molecule has 0 saturated heterocycles. The Kier molecular flexibility index (Phi) is 4.42. The van der Waals surface area contributed by atoms with Crippen molar-refractivity contribution in [2.75, 3.05) is 5.32 Å². The highest BCUT2D eigenvalue weighted by Crippen LogP contribution is 2.25. The van der Waals surface area contributed by atoms with Crippen molar-refractivity contribution in [1.82, 2.24) is 0 Å². The Labute approximate surface area is 124 Å². The van der Waals surface area contributed by atoms with E-state index in [4.69, 9.17) is 23.2 Å². The maximum absolute atomic E-state index is 13.4. The van der Waals surface area contributed by atoms with Gasteiger partial charge in [0.15, 0.2) is 0 Å². The molecule has 104 valence electrons. The van der Waals surface area contributed by atoms with Crippen LogP contribution in [0.2, 0.25) is 10.0 Å². The maximum Gasteiger partial charge on any atom is 0.304 e. The van der Waals surface area contributed by atoms with Crippen LogP contribution in [-0.2, 0) is 6.54 Å². The number of nitrogens with zero attached hydrogens (tertiary/aromatic N) is 1. The number of hydrogen-bond acceptors (Lipinski definition) is 3. The van der Waals surface area contributed by atoms with Crippen LogP contribution in [0, 0.1) is 15.9 Å². The largest absolute Gasteiger partial charge is 0.381 e. The average Bonchev–Trinajstić information content (AvgIpc) is 2.40. The molecule has 0 aromatic heterocycles. The molecular formula is C13H9Cl2FN2O2.